The van der Waals surface area contributed by atoms with Crippen molar-refractivity contribution in [2.24, 2.45) is 5.92 Å². The number of H-pyrrole nitrogens is 1. The van der Waals surface area contributed by atoms with Gasteiger partial charge in [0.05, 0.1) is 5.25 Å². The van der Waals surface area contributed by atoms with E-state index in [9.17, 15) is 13.2 Å². The predicted octanol–water partition coefficient (Wildman–Crippen LogP) is 3.70. The van der Waals surface area contributed by atoms with Gasteiger partial charge >= 0.3 is 10.1 Å². The third-order valence-electron chi connectivity index (χ3n) is 4.68. The quantitative estimate of drug-likeness (QED) is 0.616. The van der Waals surface area contributed by atoms with Crippen molar-refractivity contribution in [3.8, 4) is 16.9 Å². The Kier molecular flexibility index (Phi) is 4.58. The molecule has 8 heteroatoms. The van der Waals surface area contributed by atoms with Crippen LogP contribution in [0.25, 0.3) is 22.2 Å². The number of carbonyl (C=O) groups excluding carboxylic acids is 1. The molecule has 1 fully saturated rings. The van der Waals surface area contributed by atoms with E-state index in [1.165, 1.54) is 0 Å². The minimum atomic E-state index is -3.64. The molecule has 4 rings (SSSR count). The number of pyridine rings is 1. The van der Waals surface area contributed by atoms with Crippen molar-refractivity contribution in [1.82, 2.24) is 9.97 Å². The van der Waals surface area contributed by atoms with Gasteiger partial charge in [0, 0.05) is 17.5 Å². The number of hydrogen-bond acceptors (Lipinski definition) is 5. The smallest absolute Gasteiger partial charge is 0.311 e. The fourth-order valence-electron chi connectivity index (χ4n) is 2.83. The summed E-state index contributed by atoms with van der Waals surface area (Å²) in [6.07, 6.45) is 3.63. The number of carbonyl (C=O) groups is 1. The van der Waals surface area contributed by atoms with Crippen LogP contribution in [-0.4, -0.2) is 29.5 Å². The Bertz CT molecular complexity index is 1130. The summed E-state index contributed by atoms with van der Waals surface area (Å²) in [6.45, 7) is 3.14. The second kappa shape index (κ2) is 6.94. The van der Waals surface area contributed by atoms with E-state index in [2.05, 4.69) is 15.3 Å². The highest BCUT2D eigenvalue weighted by Gasteiger charge is 2.30. The first kappa shape index (κ1) is 18.5. The van der Waals surface area contributed by atoms with Gasteiger partial charge in [0.25, 0.3) is 0 Å². The van der Waals surface area contributed by atoms with E-state index >= 15 is 0 Å². The monoisotopic (exact) mass is 399 g/mol. The van der Waals surface area contributed by atoms with E-state index < -0.39 is 15.4 Å². The lowest BCUT2D eigenvalue weighted by Crippen LogP contribution is -2.19. The summed E-state index contributed by atoms with van der Waals surface area (Å²) in [5.74, 6) is 0.833. The lowest BCUT2D eigenvalue weighted by Gasteiger charge is -2.11. The topological polar surface area (TPSA) is 101 Å². The maximum atomic E-state index is 12.1. The molecule has 146 valence electrons. The zero-order valence-electron chi connectivity index (χ0n) is 15.6. The molecule has 1 aromatic carbocycles. The summed E-state index contributed by atoms with van der Waals surface area (Å²) in [6, 6.07) is 10.6. The molecule has 7 nitrogen and oxygen atoms in total. The Labute approximate surface area is 163 Å². The SMILES string of the molecule is CC(C)S(=O)(=O)Oc1ccc(-c2cc(NC(=O)C3CC3)nc3[nH]ccc23)cc1. The lowest BCUT2D eigenvalue weighted by atomic mass is 10.0. The number of aromatic amines is 1. The number of nitrogens with zero attached hydrogens (tertiary/aromatic N) is 1. The van der Waals surface area contributed by atoms with Gasteiger partial charge in [-0.25, -0.2) is 4.98 Å². The van der Waals surface area contributed by atoms with E-state index in [-0.39, 0.29) is 17.6 Å². The van der Waals surface area contributed by atoms with Gasteiger partial charge in [-0.05, 0) is 62.1 Å². The van der Waals surface area contributed by atoms with Crippen molar-refractivity contribution < 1.29 is 17.4 Å². The van der Waals surface area contributed by atoms with E-state index in [0.29, 0.717) is 11.5 Å². The van der Waals surface area contributed by atoms with Crippen LogP contribution in [0.3, 0.4) is 0 Å². The highest BCUT2D eigenvalue weighted by atomic mass is 32.2. The fraction of sp³-hybridized carbons (Fsp3) is 0.300. The third kappa shape index (κ3) is 3.73. The molecule has 2 N–H and O–H groups in total. The predicted molar refractivity (Wildman–Crippen MR) is 108 cm³/mol. The molecule has 1 saturated carbocycles. The van der Waals surface area contributed by atoms with Crippen LogP contribution in [-0.2, 0) is 14.9 Å². The van der Waals surface area contributed by atoms with Gasteiger partial charge in [-0.2, -0.15) is 8.42 Å². The molecule has 0 atom stereocenters. The highest BCUT2D eigenvalue weighted by molar-refractivity contribution is 7.87. The van der Waals surface area contributed by atoms with Gasteiger partial charge in [0.15, 0.2) is 0 Å². The van der Waals surface area contributed by atoms with Gasteiger partial charge in [0.2, 0.25) is 5.91 Å². The van der Waals surface area contributed by atoms with Crippen LogP contribution < -0.4 is 9.50 Å². The normalized spacial score (nSPS) is 14.4. The molecule has 0 bridgehead atoms. The molecule has 1 aliphatic rings. The van der Waals surface area contributed by atoms with Crippen LogP contribution in [0.5, 0.6) is 5.75 Å². The second-order valence-corrected chi connectivity index (χ2v) is 9.30. The Morgan fingerprint density at radius 2 is 1.93 bits per heavy atom. The largest absolute Gasteiger partial charge is 0.382 e. The molecule has 28 heavy (non-hydrogen) atoms. The van der Waals surface area contributed by atoms with Crippen LogP contribution in [0.1, 0.15) is 26.7 Å². The Morgan fingerprint density at radius 1 is 1.21 bits per heavy atom. The number of amides is 1. The zero-order valence-corrected chi connectivity index (χ0v) is 16.4. The summed E-state index contributed by atoms with van der Waals surface area (Å²) in [4.78, 5) is 19.6. The van der Waals surface area contributed by atoms with Crippen molar-refractivity contribution in [2.45, 2.75) is 31.9 Å². The second-order valence-electron chi connectivity index (χ2n) is 7.21. The molecule has 0 aliphatic heterocycles. The van der Waals surface area contributed by atoms with Crippen LogP contribution in [0, 0.1) is 5.92 Å². The maximum Gasteiger partial charge on any atom is 0.311 e. The standard InChI is InChI=1S/C20H21N3O4S/c1-12(2)28(25,26)27-15-7-5-13(6-8-15)17-11-18(23-20(24)14-3-4-14)22-19-16(17)9-10-21-19/h5-12,14H,3-4H2,1-2H3,(H2,21,22,23,24). The zero-order chi connectivity index (χ0) is 19.9. The van der Waals surface area contributed by atoms with Crippen LogP contribution in [0.4, 0.5) is 5.82 Å². The molecule has 2 aromatic heterocycles. The molecule has 1 amide bonds. The van der Waals surface area contributed by atoms with E-state index in [0.717, 1.165) is 29.4 Å². The first-order valence-electron chi connectivity index (χ1n) is 9.16. The first-order valence-corrected chi connectivity index (χ1v) is 10.6. The number of rotatable bonds is 6. The molecule has 2 heterocycles. The van der Waals surface area contributed by atoms with Crippen molar-refractivity contribution in [3.63, 3.8) is 0 Å². The summed E-state index contributed by atoms with van der Waals surface area (Å²) >= 11 is 0. The fourth-order valence-corrected chi connectivity index (χ4v) is 3.41. The van der Waals surface area contributed by atoms with Gasteiger partial charge in [-0.15, -0.1) is 0 Å². The summed E-state index contributed by atoms with van der Waals surface area (Å²) < 4.78 is 29.0. The molecular weight excluding hydrogens is 378 g/mol. The van der Waals surface area contributed by atoms with E-state index in [1.807, 2.05) is 12.1 Å². The number of benzene rings is 1. The number of nitrogens with one attached hydrogen (secondary N) is 2. The van der Waals surface area contributed by atoms with Crippen LogP contribution in [0.15, 0.2) is 42.6 Å². The average Bonchev–Trinajstić information content (AvgIpc) is 3.40. The molecule has 0 unspecified atom stereocenters. The van der Waals surface area contributed by atoms with Gasteiger partial charge in [0.1, 0.15) is 17.2 Å². The summed E-state index contributed by atoms with van der Waals surface area (Å²) in [5.41, 5.74) is 2.42. The number of hydrogen-bond donors (Lipinski definition) is 2. The maximum absolute atomic E-state index is 12.1. The Hall–Kier alpha value is -2.87. The van der Waals surface area contributed by atoms with Crippen molar-refractivity contribution in [1.29, 1.82) is 0 Å². The van der Waals surface area contributed by atoms with Crippen LogP contribution in [0.2, 0.25) is 0 Å². The Balaban J connectivity index is 1.66. The van der Waals surface area contributed by atoms with Crippen molar-refractivity contribution >= 4 is 32.9 Å². The van der Waals surface area contributed by atoms with Gasteiger partial charge < -0.3 is 14.5 Å². The molecule has 3 aromatic rings. The Morgan fingerprint density at radius 3 is 2.57 bits per heavy atom. The van der Waals surface area contributed by atoms with E-state index in [1.54, 1.807) is 44.3 Å². The third-order valence-corrected chi connectivity index (χ3v) is 6.26. The van der Waals surface area contributed by atoms with Gasteiger partial charge in [-0.3, -0.25) is 4.79 Å². The minimum Gasteiger partial charge on any atom is -0.382 e. The van der Waals surface area contributed by atoms with E-state index in [4.69, 9.17) is 4.18 Å². The van der Waals surface area contributed by atoms with Crippen molar-refractivity contribution in [2.75, 3.05) is 5.32 Å². The first-order chi connectivity index (χ1) is 13.3. The molecule has 0 saturated heterocycles. The molecule has 1 aliphatic carbocycles. The molecular formula is C20H21N3O4S. The minimum absolute atomic E-state index is 0.00741. The lowest BCUT2D eigenvalue weighted by molar-refractivity contribution is -0.117. The number of aromatic nitrogens is 2. The highest BCUT2D eigenvalue weighted by Crippen LogP contribution is 2.33. The number of anilines is 1. The average molecular weight is 399 g/mol. The summed E-state index contributed by atoms with van der Waals surface area (Å²) in [7, 11) is -3.64. The van der Waals surface area contributed by atoms with Gasteiger partial charge in [-0.1, -0.05) is 12.1 Å². The van der Waals surface area contributed by atoms with Crippen molar-refractivity contribution in [3.05, 3.63) is 42.6 Å². The van der Waals surface area contributed by atoms with Crippen LogP contribution >= 0.6 is 0 Å². The molecule has 0 spiro atoms. The summed E-state index contributed by atoms with van der Waals surface area (Å²) in [5, 5.41) is 3.17. The molecule has 0 radical (unpaired) electrons. The number of fused-ring (bicyclic) bond motifs is 1.